The minimum Gasteiger partial charge on any atom is -0.456 e. The van der Waals surface area contributed by atoms with Gasteiger partial charge < -0.3 is 29.1 Å². The van der Waals surface area contributed by atoms with Gasteiger partial charge in [-0.1, -0.05) is 36.4 Å². The van der Waals surface area contributed by atoms with Gasteiger partial charge in [-0.15, -0.1) is 0 Å². The number of benzene rings is 2. The number of amides is 1. The molecule has 0 bridgehead atoms. The molecule has 0 N–H and O–H groups in total. The predicted octanol–water partition coefficient (Wildman–Crippen LogP) is 4.28. The summed E-state index contributed by atoms with van der Waals surface area (Å²) in [6, 6.07) is 11.3. The number of halogens is 2. The third-order valence-corrected chi connectivity index (χ3v) is 8.75. The number of rotatable bonds is 7. The molecule has 1 aromatic heterocycles. The number of carbonyl (C=O) groups excluding carboxylic acids is 1. The molecule has 0 radical (unpaired) electrons. The van der Waals surface area contributed by atoms with Gasteiger partial charge in [0.2, 0.25) is 5.91 Å². The van der Waals surface area contributed by atoms with Crippen LogP contribution in [0, 0.1) is 17.1 Å². The summed E-state index contributed by atoms with van der Waals surface area (Å²) in [4.78, 5) is 30.1. The van der Waals surface area contributed by atoms with E-state index in [9.17, 15) is 14.4 Å². The summed E-state index contributed by atoms with van der Waals surface area (Å²) in [5, 5.41) is 11.1. The fourth-order valence-corrected chi connectivity index (χ4v) is 6.38. The largest absolute Gasteiger partial charge is 0.456 e. The summed E-state index contributed by atoms with van der Waals surface area (Å²) >= 11 is 6.49. The van der Waals surface area contributed by atoms with Crippen LogP contribution in [-0.4, -0.2) is 84.8 Å². The summed E-state index contributed by atoms with van der Waals surface area (Å²) in [6.45, 7) is 6.45. The highest BCUT2D eigenvalue weighted by Crippen LogP contribution is 2.38. The number of carbonyl (C=O) groups is 1. The van der Waals surface area contributed by atoms with E-state index in [1.54, 1.807) is 17.2 Å². The Balaban J connectivity index is 1.41. The summed E-state index contributed by atoms with van der Waals surface area (Å²) in [6.07, 6.45) is 3.46. The Morgan fingerprint density at radius 3 is 2.86 bits per heavy atom. The number of fused-ring (bicyclic) bond motifs is 2. The lowest BCUT2D eigenvalue weighted by Crippen LogP contribution is -2.43. The third kappa shape index (κ3) is 5.56. The molecular formula is C32H33ClFN7O3. The zero-order valence-corrected chi connectivity index (χ0v) is 25.4. The van der Waals surface area contributed by atoms with Crippen LogP contribution < -0.4 is 14.5 Å². The Hall–Kier alpha value is -4.24. The van der Waals surface area contributed by atoms with E-state index >= 15 is 0 Å². The highest BCUT2D eigenvalue weighted by atomic mass is 35.5. The molecule has 3 aliphatic heterocycles. The Morgan fingerprint density at radius 1 is 1.25 bits per heavy atom. The van der Waals surface area contributed by atoms with Crippen molar-refractivity contribution in [2.45, 2.75) is 31.5 Å². The molecule has 0 spiro atoms. The van der Waals surface area contributed by atoms with Crippen molar-refractivity contribution in [3.8, 4) is 12.1 Å². The molecule has 0 aliphatic carbocycles. The number of aromatic nitrogens is 2. The van der Waals surface area contributed by atoms with Crippen LogP contribution in [0.4, 0.5) is 15.9 Å². The van der Waals surface area contributed by atoms with Crippen LogP contribution in [-0.2, 0) is 22.5 Å². The van der Waals surface area contributed by atoms with E-state index < -0.39 is 5.82 Å². The Kier molecular flexibility index (Phi) is 8.40. The number of anilines is 2. The fraction of sp³-hybridized carbons (Fsp3) is 0.375. The molecule has 0 saturated carbocycles. The highest BCUT2D eigenvalue weighted by Gasteiger charge is 2.34. The van der Waals surface area contributed by atoms with Crippen LogP contribution >= 0.6 is 11.6 Å². The van der Waals surface area contributed by atoms with Crippen molar-refractivity contribution in [2.24, 2.45) is 0 Å². The summed E-state index contributed by atoms with van der Waals surface area (Å²) in [7, 11) is 3.97. The van der Waals surface area contributed by atoms with Gasteiger partial charge in [-0.25, -0.2) is 4.39 Å². The van der Waals surface area contributed by atoms with Crippen molar-refractivity contribution < 1.29 is 18.7 Å². The van der Waals surface area contributed by atoms with Gasteiger partial charge in [-0.05, 0) is 44.1 Å². The number of hydrogen-bond acceptors (Lipinski definition) is 9. The van der Waals surface area contributed by atoms with Gasteiger partial charge in [-0.3, -0.25) is 4.79 Å². The average molecular weight is 618 g/mol. The number of hydrogen-bond donors (Lipinski definition) is 0. The molecule has 1 fully saturated rings. The third-order valence-electron chi connectivity index (χ3n) is 8.39. The number of likely N-dealkylation sites (N-methyl/N-ethyl adjacent to an activating group) is 1. The molecule has 10 nitrogen and oxygen atoms in total. The highest BCUT2D eigenvalue weighted by molar-refractivity contribution is 6.36. The lowest BCUT2D eigenvalue weighted by Gasteiger charge is -2.37. The smallest absolute Gasteiger partial charge is 0.319 e. The molecule has 2 aromatic carbocycles. The molecule has 228 valence electrons. The predicted molar refractivity (Wildman–Crippen MR) is 166 cm³/mol. The lowest BCUT2D eigenvalue weighted by atomic mass is 10.0. The number of allylic oxidation sites excluding steroid dienone is 1. The van der Waals surface area contributed by atoms with Crippen molar-refractivity contribution in [2.75, 3.05) is 56.7 Å². The molecule has 12 heteroatoms. The molecule has 2 atom stereocenters. The van der Waals surface area contributed by atoms with Crippen molar-refractivity contribution in [3.05, 3.63) is 77.0 Å². The van der Waals surface area contributed by atoms with E-state index in [0.29, 0.717) is 62.7 Å². The molecule has 4 heterocycles. The van der Waals surface area contributed by atoms with Gasteiger partial charge in [0.25, 0.3) is 0 Å². The van der Waals surface area contributed by atoms with Crippen LogP contribution in [0.2, 0.25) is 5.02 Å². The first-order valence-corrected chi connectivity index (χ1v) is 14.9. The van der Waals surface area contributed by atoms with Crippen LogP contribution in [0.15, 0.2) is 54.9 Å². The van der Waals surface area contributed by atoms with Crippen molar-refractivity contribution >= 4 is 39.8 Å². The van der Waals surface area contributed by atoms with Crippen LogP contribution in [0.3, 0.4) is 0 Å². The van der Waals surface area contributed by atoms with E-state index in [1.807, 2.05) is 37.2 Å². The fourth-order valence-electron chi connectivity index (χ4n) is 6.11. The topological polar surface area (TPSA) is 98.1 Å². The summed E-state index contributed by atoms with van der Waals surface area (Å²) in [5.74, 6) is -0.0441. The van der Waals surface area contributed by atoms with Crippen molar-refractivity contribution in [1.29, 1.82) is 5.26 Å². The van der Waals surface area contributed by atoms with E-state index in [4.69, 9.17) is 31.0 Å². The van der Waals surface area contributed by atoms with Gasteiger partial charge in [0.15, 0.2) is 0 Å². The van der Waals surface area contributed by atoms with Gasteiger partial charge in [0, 0.05) is 42.5 Å². The standard InChI is InChI=1S/C32H33ClFN7O3/c1-4-28(42)41-15-14-40(16-21(41)10-12-35)31-22-11-13-39(25-7-5-6-20-8-9-23(34)30(33)29(20)25)17-24(22)36-32(37-31)44-27-19-43-18-26(27)38(2)3/h4-9,16,26-27H,1,10-11,13-15,17-19H2,2-3H3/t26-,27-/m1/s1. The van der Waals surface area contributed by atoms with Gasteiger partial charge >= 0.3 is 6.01 Å². The molecule has 1 amide bonds. The molecule has 0 unspecified atom stereocenters. The Morgan fingerprint density at radius 2 is 2.09 bits per heavy atom. The first-order valence-electron chi connectivity index (χ1n) is 14.5. The van der Waals surface area contributed by atoms with Crippen LogP contribution in [0.25, 0.3) is 10.8 Å². The second-order valence-electron chi connectivity index (χ2n) is 11.2. The molecule has 3 aromatic rings. The zero-order chi connectivity index (χ0) is 31.0. The van der Waals surface area contributed by atoms with Crippen molar-refractivity contribution in [1.82, 2.24) is 19.8 Å². The van der Waals surface area contributed by atoms with Crippen LogP contribution in [0.1, 0.15) is 17.7 Å². The number of nitrogens with zero attached hydrogens (tertiary/aromatic N) is 7. The van der Waals surface area contributed by atoms with E-state index in [2.05, 4.69) is 22.4 Å². The Bertz CT molecular complexity index is 1690. The lowest BCUT2D eigenvalue weighted by molar-refractivity contribution is -0.124. The minimum absolute atomic E-state index is 0.0397. The quantitative estimate of drug-likeness (QED) is 0.360. The first kappa shape index (κ1) is 29.8. The monoisotopic (exact) mass is 617 g/mol. The normalized spacial score (nSPS) is 20.0. The van der Waals surface area contributed by atoms with Gasteiger partial charge in [0.1, 0.15) is 17.7 Å². The maximum Gasteiger partial charge on any atom is 0.319 e. The van der Waals surface area contributed by atoms with E-state index in [0.717, 1.165) is 22.3 Å². The number of nitriles is 1. The number of ether oxygens (including phenoxy) is 2. The summed E-state index contributed by atoms with van der Waals surface area (Å²) in [5.41, 5.74) is 3.13. The first-order chi connectivity index (χ1) is 21.3. The molecule has 3 aliphatic rings. The zero-order valence-electron chi connectivity index (χ0n) is 24.7. The second kappa shape index (κ2) is 12.4. The molecule has 44 heavy (non-hydrogen) atoms. The average Bonchev–Trinajstić information content (AvgIpc) is 3.50. The van der Waals surface area contributed by atoms with Gasteiger partial charge in [0.05, 0.1) is 54.7 Å². The van der Waals surface area contributed by atoms with E-state index in [1.165, 1.54) is 12.1 Å². The van der Waals surface area contributed by atoms with E-state index in [-0.39, 0.29) is 35.5 Å². The molecule has 1 saturated heterocycles. The molecule has 6 rings (SSSR count). The maximum absolute atomic E-state index is 14.6. The van der Waals surface area contributed by atoms with Crippen LogP contribution in [0.5, 0.6) is 6.01 Å². The van der Waals surface area contributed by atoms with Crippen molar-refractivity contribution in [3.63, 3.8) is 0 Å². The Labute approximate surface area is 260 Å². The second-order valence-corrected chi connectivity index (χ2v) is 11.6. The maximum atomic E-state index is 14.6. The minimum atomic E-state index is -0.465. The molecular weight excluding hydrogens is 585 g/mol. The van der Waals surface area contributed by atoms with Gasteiger partial charge in [-0.2, -0.15) is 15.2 Å². The summed E-state index contributed by atoms with van der Waals surface area (Å²) < 4.78 is 26.7. The SMILES string of the molecule is C=CC(=O)N1CCN(c2nc(O[C@@H]3COC[C@H]3N(C)C)nc3c2CCN(c2cccc4ccc(F)c(Cl)c24)C3)C=C1CC#N.